The minimum Gasteiger partial charge on any atom is -0.492 e. The Morgan fingerprint density at radius 2 is 2.05 bits per heavy atom. The van der Waals surface area contributed by atoms with E-state index in [2.05, 4.69) is 5.32 Å². The van der Waals surface area contributed by atoms with Crippen LogP contribution in [0, 0.1) is 0 Å². The molecular formula is C15H20N2O3. The van der Waals surface area contributed by atoms with Crippen molar-refractivity contribution >= 4 is 11.8 Å². The normalized spacial score (nSPS) is 18.9. The van der Waals surface area contributed by atoms with Crippen LogP contribution in [-0.2, 0) is 9.59 Å². The summed E-state index contributed by atoms with van der Waals surface area (Å²) in [5.41, 5.74) is 0. The molecule has 20 heavy (non-hydrogen) atoms. The Bertz CT molecular complexity index is 461. The highest BCUT2D eigenvalue weighted by Crippen LogP contribution is 2.13. The second-order valence-corrected chi connectivity index (χ2v) is 4.77. The van der Waals surface area contributed by atoms with Gasteiger partial charge in [0, 0.05) is 0 Å². The largest absolute Gasteiger partial charge is 0.492 e. The van der Waals surface area contributed by atoms with E-state index in [4.69, 9.17) is 4.74 Å². The highest BCUT2D eigenvalue weighted by atomic mass is 16.5. The monoisotopic (exact) mass is 276 g/mol. The minimum atomic E-state index is -0.361. The van der Waals surface area contributed by atoms with E-state index >= 15 is 0 Å². The van der Waals surface area contributed by atoms with Crippen LogP contribution in [0.1, 0.15) is 19.8 Å². The van der Waals surface area contributed by atoms with Gasteiger partial charge >= 0.3 is 0 Å². The molecule has 1 heterocycles. The fourth-order valence-electron chi connectivity index (χ4n) is 2.32. The van der Waals surface area contributed by atoms with Gasteiger partial charge in [-0.15, -0.1) is 0 Å². The van der Waals surface area contributed by atoms with Crippen molar-refractivity contribution in [3.8, 4) is 5.75 Å². The van der Waals surface area contributed by atoms with Gasteiger partial charge < -0.3 is 15.0 Å². The Labute approximate surface area is 118 Å². The van der Waals surface area contributed by atoms with Gasteiger partial charge in [-0.2, -0.15) is 0 Å². The summed E-state index contributed by atoms with van der Waals surface area (Å²) in [4.78, 5) is 25.4. The number of para-hydroxylation sites is 1. The van der Waals surface area contributed by atoms with Gasteiger partial charge in [-0.25, -0.2) is 0 Å². The van der Waals surface area contributed by atoms with Gasteiger partial charge in [0.25, 0.3) is 0 Å². The second kappa shape index (κ2) is 6.93. The van der Waals surface area contributed by atoms with E-state index < -0.39 is 0 Å². The van der Waals surface area contributed by atoms with E-state index in [0.29, 0.717) is 19.6 Å². The summed E-state index contributed by atoms with van der Waals surface area (Å²) in [6.07, 6.45) is 1.55. The quantitative estimate of drug-likeness (QED) is 0.849. The first-order valence-electron chi connectivity index (χ1n) is 6.97. The van der Waals surface area contributed by atoms with Crippen molar-refractivity contribution in [1.82, 2.24) is 10.2 Å². The summed E-state index contributed by atoms with van der Waals surface area (Å²) in [5, 5.41) is 2.63. The molecule has 0 aliphatic carbocycles. The number of hydrogen-bond donors (Lipinski definition) is 1. The lowest BCUT2D eigenvalue weighted by Gasteiger charge is -2.34. The number of rotatable bonds is 6. The van der Waals surface area contributed by atoms with Gasteiger partial charge in [-0.3, -0.25) is 9.59 Å². The zero-order valence-electron chi connectivity index (χ0n) is 11.7. The molecule has 0 spiro atoms. The van der Waals surface area contributed by atoms with Crippen LogP contribution >= 0.6 is 0 Å². The van der Waals surface area contributed by atoms with Crippen LogP contribution in [0.3, 0.4) is 0 Å². The van der Waals surface area contributed by atoms with Crippen molar-refractivity contribution in [3.63, 3.8) is 0 Å². The number of hydrogen-bond acceptors (Lipinski definition) is 3. The fourth-order valence-corrected chi connectivity index (χ4v) is 2.32. The average Bonchev–Trinajstić information content (AvgIpc) is 2.47. The molecule has 1 fully saturated rings. The lowest BCUT2D eigenvalue weighted by Crippen LogP contribution is -2.59. The van der Waals surface area contributed by atoms with Crippen LogP contribution in [0.2, 0.25) is 0 Å². The Hall–Kier alpha value is -2.04. The fraction of sp³-hybridized carbons (Fsp3) is 0.467. The van der Waals surface area contributed by atoms with Crippen LogP contribution in [-0.4, -0.2) is 42.5 Å². The number of amides is 2. The minimum absolute atomic E-state index is 0.0419. The Morgan fingerprint density at radius 3 is 2.75 bits per heavy atom. The van der Waals surface area contributed by atoms with Crippen molar-refractivity contribution < 1.29 is 14.3 Å². The molecule has 0 aromatic heterocycles. The first kappa shape index (κ1) is 14.4. The van der Waals surface area contributed by atoms with E-state index in [1.807, 2.05) is 37.3 Å². The Balaban J connectivity index is 1.91. The van der Waals surface area contributed by atoms with E-state index in [1.165, 1.54) is 0 Å². The molecule has 5 heteroatoms. The van der Waals surface area contributed by atoms with Crippen LogP contribution in [0.5, 0.6) is 5.75 Å². The number of nitrogens with zero attached hydrogens (tertiary/aromatic N) is 1. The summed E-state index contributed by atoms with van der Waals surface area (Å²) >= 11 is 0. The molecule has 5 nitrogen and oxygen atoms in total. The van der Waals surface area contributed by atoms with Gasteiger partial charge in [0.1, 0.15) is 18.4 Å². The third-order valence-corrected chi connectivity index (χ3v) is 3.32. The maximum Gasteiger partial charge on any atom is 0.243 e. The lowest BCUT2D eigenvalue weighted by atomic mass is 10.1. The van der Waals surface area contributed by atoms with Crippen molar-refractivity contribution in [1.29, 1.82) is 0 Å². The number of carbonyl (C=O) groups excluding carboxylic acids is 2. The van der Waals surface area contributed by atoms with E-state index in [0.717, 1.165) is 12.2 Å². The first-order chi connectivity index (χ1) is 9.72. The summed E-state index contributed by atoms with van der Waals surface area (Å²) in [6.45, 7) is 2.92. The molecule has 1 saturated heterocycles. The Kier molecular flexibility index (Phi) is 4.98. The van der Waals surface area contributed by atoms with Gasteiger partial charge in [0.15, 0.2) is 0 Å². The Morgan fingerprint density at radius 1 is 1.30 bits per heavy atom. The summed E-state index contributed by atoms with van der Waals surface area (Å²) in [5.74, 6) is 0.666. The third kappa shape index (κ3) is 3.50. The van der Waals surface area contributed by atoms with Crippen LogP contribution in [0.15, 0.2) is 30.3 Å². The van der Waals surface area contributed by atoms with Crippen molar-refractivity contribution in [2.24, 2.45) is 0 Å². The predicted octanol–water partition coefficient (Wildman–Crippen LogP) is 1.19. The SMILES string of the molecule is CCCC1C(=O)NCC(=O)N1CCOc1ccccc1. The molecule has 0 saturated carbocycles. The number of piperazine rings is 1. The molecule has 1 aliphatic heterocycles. The standard InChI is InChI=1S/C15H20N2O3/c1-2-6-13-15(19)16-11-14(18)17(13)9-10-20-12-7-4-3-5-8-12/h3-5,7-8,13H,2,6,9-11H2,1H3,(H,16,19). The zero-order chi connectivity index (χ0) is 14.4. The molecule has 1 aromatic carbocycles. The summed E-state index contributed by atoms with van der Waals surface area (Å²) in [7, 11) is 0. The predicted molar refractivity (Wildman–Crippen MR) is 75.4 cm³/mol. The van der Waals surface area contributed by atoms with Crippen LogP contribution in [0.25, 0.3) is 0 Å². The molecule has 1 N–H and O–H groups in total. The summed E-state index contributed by atoms with van der Waals surface area (Å²) in [6, 6.07) is 9.09. The maximum absolute atomic E-state index is 11.9. The van der Waals surface area contributed by atoms with Crippen LogP contribution in [0.4, 0.5) is 0 Å². The molecule has 2 rings (SSSR count). The third-order valence-electron chi connectivity index (χ3n) is 3.32. The average molecular weight is 276 g/mol. The van der Waals surface area contributed by atoms with Crippen LogP contribution < -0.4 is 10.1 Å². The lowest BCUT2D eigenvalue weighted by molar-refractivity contribution is -0.146. The summed E-state index contributed by atoms with van der Waals surface area (Å²) < 4.78 is 5.59. The number of ether oxygens (including phenoxy) is 1. The van der Waals surface area contributed by atoms with Gasteiger partial charge in [-0.1, -0.05) is 31.5 Å². The van der Waals surface area contributed by atoms with Gasteiger partial charge in [0.2, 0.25) is 11.8 Å². The molecule has 2 amide bonds. The van der Waals surface area contributed by atoms with E-state index in [9.17, 15) is 9.59 Å². The molecule has 0 radical (unpaired) electrons. The highest BCUT2D eigenvalue weighted by molar-refractivity contribution is 5.94. The van der Waals surface area contributed by atoms with Crippen molar-refractivity contribution in [2.75, 3.05) is 19.7 Å². The van der Waals surface area contributed by atoms with Crippen molar-refractivity contribution in [3.05, 3.63) is 30.3 Å². The molecule has 0 bridgehead atoms. The molecule has 1 unspecified atom stereocenters. The number of benzene rings is 1. The molecule has 1 aliphatic rings. The van der Waals surface area contributed by atoms with E-state index in [1.54, 1.807) is 4.90 Å². The smallest absolute Gasteiger partial charge is 0.243 e. The van der Waals surface area contributed by atoms with E-state index in [-0.39, 0.29) is 24.4 Å². The topological polar surface area (TPSA) is 58.6 Å². The van der Waals surface area contributed by atoms with Gasteiger partial charge in [0.05, 0.1) is 13.1 Å². The highest BCUT2D eigenvalue weighted by Gasteiger charge is 2.33. The maximum atomic E-state index is 11.9. The first-order valence-corrected chi connectivity index (χ1v) is 6.97. The molecule has 108 valence electrons. The molecule has 1 atom stereocenters. The second-order valence-electron chi connectivity index (χ2n) is 4.77. The number of carbonyl (C=O) groups is 2. The van der Waals surface area contributed by atoms with Crippen molar-refractivity contribution in [2.45, 2.75) is 25.8 Å². The number of nitrogens with one attached hydrogen (secondary N) is 1. The van der Waals surface area contributed by atoms with Gasteiger partial charge in [-0.05, 0) is 18.6 Å². The molecular weight excluding hydrogens is 256 g/mol. The zero-order valence-corrected chi connectivity index (χ0v) is 11.7. The molecule has 1 aromatic rings.